The molecule has 360 valence electrons. The summed E-state index contributed by atoms with van der Waals surface area (Å²) in [4.78, 5) is 140. The van der Waals surface area contributed by atoms with Crippen molar-refractivity contribution in [3.05, 3.63) is 29.8 Å². The molecule has 1 aromatic carbocycles. The van der Waals surface area contributed by atoms with E-state index in [2.05, 4.69) is 42.5 Å². The molecule has 0 aromatic heterocycles. The SMILES string of the molecule is C[C@H](N)C(=O)NCC(=O)N[C@H](C(=O)N[C@@H](C)C(=O)N1CCC[C@H]1C(=O)N[C@H](C(=O)N[C@@H](C)C(=O)NCC(=O)N[C@@H](CC(N)=O)C(=O)N[C@@H](Cc1ccc(O)cc1)C(=O)O)[C@@H](C)O)[C@@H](C)O. The van der Waals surface area contributed by atoms with E-state index in [1.165, 1.54) is 58.9 Å². The minimum Gasteiger partial charge on any atom is -0.508 e. The van der Waals surface area contributed by atoms with E-state index >= 15 is 0 Å². The summed E-state index contributed by atoms with van der Waals surface area (Å²) in [5.74, 6) is -10.7. The van der Waals surface area contributed by atoms with Crippen molar-refractivity contribution in [3.8, 4) is 5.75 Å². The second-order valence-corrected chi connectivity index (χ2v) is 15.4. The molecule has 1 aliphatic heterocycles. The highest BCUT2D eigenvalue weighted by molar-refractivity contribution is 5.98. The zero-order valence-corrected chi connectivity index (χ0v) is 36.4. The molecule has 0 spiro atoms. The number of nitrogens with two attached hydrogens (primary N) is 2. The van der Waals surface area contributed by atoms with Crippen molar-refractivity contribution in [2.45, 2.75) is 121 Å². The fourth-order valence-corrected chi connectivity index (χ4v) is 6.21. The number of phenolic OH excluding ortho intramolecular Hbond substituents is 1. The van der Waals surface area contributed by atoms with E-state index in [0.29, 0.717) is 12.0 Å². The smallest absolute Gasteiger partial charge is 0.326 e. The van der Waals surface area contributed by atoms with Gasteiger partial charge in [0.05, 0.1) is 37.8 Å². The van der Waals surface area contributed by atoms with E-state index in [-0.39, 0.29) is 25.1 Å². The zero-order chi connectivity index (χ0) is 49.3. The predicted octanol–water partition coefficient (Wildman–Crippen LogP) is -6.82. The third-order valence-electron chi connectivity index (χ3n) is 9.77. The number of phenols is 1. The number of carboxylic acid groups (broad SMARTS) is 1. The van der Waals surface area contributed by atoms with E-state index < -0.39 is 145 Å². The number of likely N-dealkylation sites (tertiary alicyclic amines) is 1. The van der Waals surface area contributed by atoms with E-state index in [1.54, 1.807) is 0 Å². The summed E-state index contributed by atoms with van der Waals surface area (Å²) < 4.78 is 0. The zero-order valence-electron chi connectivity index (χ0n) is 36.4. The van der Waals surface area contributed by atoms with Crippen LogP contribution in [0.25, 0.3) is 0 Å². The molecule has 0 unspecified atom stereocenters. The number of aromatic hydroxyl groups is 1. The van der Waals surface area contributed by atoms with Crippen molar-refractivity contribution in [3.63, 3.8) is 0 Å². The number of amides is 10. The van der Waals surface area contributed by atoms with Gasteiger partial charge in [-0.25, -0.2) is 4.79 Å². The van der Waals surface area contributed by atoms with E-state index in [1.807, 2.05) is 0 Å². The molecule has 0 bridgehead atoms. The van der Waals surface area contributed by atoms with E-state index in [0.717, 1.165) is 4.90 Å². The number of benzene rings is 1. The highest BCUT2D eigenvalue weighted by atomic mass is 16.4. The molecule has 10 atom stereocenters. The molecule has 16 N–H and O–H groups in total. The number of rotatable bonds is 24. The molecule has 0 saturated carbocycles. The highest BCUT2D eigenvalue weighted by Crippen LogP contribution is 2.19. The van der Waals surface area contributed by atoms with Crippen LogP contribution in [-0.2, 0) is 59.2 Å². The molecule has 1 fully saturated rings. The van der Waals surface area contributed by atoms with Crippen molar-refractivity contribution in [2.75, 3.05) is 19.6 Å². The van der Waals surface area contributed by atoms with Gasteiger partial charge in [0.25, 0.3) is 0 Å². The Morgan fingerprint density at radius 1 is 0.677 bits per heavy atom. The Bertz CT molecular complexity index is 1930. The Labute approximate surface area is 372 Å². The first-order chi connectivity index (χ1) is 30.3. The van der Waals surface area contributed by atoms with Crippen molar-refractivity contribution in [1.82, 2.24) is 47.4 Å². The molecule has 65 heavy (non-hydrogen) atoms. The van der Waals surface area contributed by atoms with Crippen molar-refractivity contribution in [1.29, 1.82) is 0 Å². The monoisotopic (exact) mass is 921 g/mol. The topological polar surface area (TPSA) is 420 Å². The molecule has 1 aromatic rings. The maximum atomic E-state index is 13.5. The number of aliphatic carboxylic acids is 1. The second kappa shape index (κ2) is 25.4. The maximum Gasteiger partial charge on any atom is 0.326 e. The van der Waals surface area contributed by atoms with Gasteiger partial charge < -0.3 is 79.3 Å². The van der Waals surface area contributed by atoms with Crippen LogP contribution in [0, 0.1) is 0 Å². The Morgan fingerprint density at radius 2 is 1.20 bits per heavy atom. The Balaban J connectivity index is 1.99. The molecule has 1 saturated heterocycles. The summed E-state index contributed by atoms with van der Waals surface area (Å²) in [7, 11) is 0. The van der Waals surface area contributed by atoms with Crippen LogP contribution >= 0.6 is 0 Å². The van der Waals surface area contributed by atoms with Crippen molar-refractivity contribution < 1.29 is 73.2 Å². The average Bonchev–Trinajstić information content (AvgIpc) is 3.72. The van der Waals surface area contributed by atoms with Gasteiger partial charge in [-0.05, 0) is 65.2 Å². The van der Waals surface area contributed by atoms with E-state index in [9.17, 15) is 73.2 Å². The molecule has 26 heteroatoms. The number of carboxylic acids is 1. The molecule has 0 aliphatic carbocycles. The molecule has 2 rings (SSSR count). The van der Waals surface area contributed by atoms with Gasteiger partial charge in [0.2, 0.25) is 59.1 Å². The third kappa shape index (κ3) is 17.6. The first-order valence-corrected chi connectivity index (χ1v) is 20.4. The van der Waals surface area contributed by atoms with Gasteiger partial charge in [0, 0.05) is 13.0 Å². The Hall–Kier alpha value is -6.93. The minimum absolute atomic E-state index is 0.0567. The number of hydrogen-bond acceptors (Lipinski definition) is 15. The van der Waals surface area contributed by atoms with Crippen LogP contribution in [0.2, 0.25) is 0 Å². The van der Waals surface area contributed by atoms with E-state index in [4.69, 9.17) is 11.5 Å². The number of primary amides is 1. The maximum absolute atomic E-state index is 13.5. The van der Waals surface area contributed by atoms with Gasteiger partial charge in [-0.2, -0.15) is 0 Å². The number of aliphatic hydroxyl groups is 2. The van der Waals surface area contributed by atoms with Gasteiger partial charge in [-0.3, -0.25) is 47.9 Å². The standard InChI is InChI=1S/C39H59N11O15/c1-17(40)32(57)42-16-29(56)48-30(20(4)51)36(61)45-19(3)38(63)50-12-6-7-26(50)35(60)49-31(21(5)52)37(62)44-18(2)33(58)43-15-28(55)46-24(14-27(41)54)34(59)47-25(39(64)65)13-22-8-10-23(53)11-9-22/h8-11,17-21,24-26,30-31,51-53H,6-7,12-16,40H2,1-5H3,(H2,41,54)(H,42,57)(H,43,58)(H,44,62)(H,45,61)(H,46,55)(H,47,59)(H,48,56)(H,49,60)(H,64,65)/t17-,18-,19-,20+,21+,24-,25-,26-,30-,31-/m0/s1. The molecule has 1 aliphatic rings. The van der Waals surface area contributed by atoms with Gasteiger partial charge in [-0.1, -0.05) is 12.1 Å². The Kier molecular flexibility index (Phi) is 21.2. The fraction of sp³-hybridized carbons (Fsp3) is 0.564. The summed E-state index contributed by atoms with van der Waals surface area (Å²) in [5.41, 5.74) is 11.1. The quantitative estimate of drug-likeness (QED) is 0.0458. The number of nitrogens with zero attached hydrogens (tertiary/aromatic N) is 1. The van der Waals surface area contributed by atoms with Crippen LogP contribution in [0.4, 0.5) is 0 Å². The lowest BCUT2D eigenvalue weighted by Gasteiger charge is -2.30. The van der Waals surface area contributed by atoms with Gasteiger partial charge in [0.15, 0.2) is 0 Å². The van der Waals surface area contributed by atoms with Crippen LogP contribution in [0.3, 0.4) is 0 Å². The average molecular weight is 922 g/mol. The Morgan fingerprint density at radius 3 is 1.72 bits per heavy atom. The van der Waals surface area contributed by atoms with Gasteiger partial charge in [-0.15, -0.1) is 0 Å². The van der Waals surface area contributed by atoms with Gasteiger partial charge >= 0.3 is 5.97 Å². The number of aliphatic hydroxyl groups excluding tert-OH is 2. The summed E-state index contributed by atoms with van der Waals surface area (Å²) in [6, 6.07) is -5.68. The van der Waals surface area contributed by atoms with Crippen LogP contribution in [0.15, 0.2) is 24.3 Å². The van der Waals surface area contributed by atoms with Crippen LogP contribution < -0.4 is 54.0 Å². The molecule has 0 radical (unpaired) electrons. The number of carbonyl (C=O) groups excluding carboxylic acids is 10. The third-order valence-corrected chi connectivity index (χ3v) is 9.77. The lowest BCUT2D eigenvalue weighted by Crippen LogP contribution is -2.61. The van der Waals surface area contributed by atoms with Crippen molar-refractivity contribution >= 4 is 65.0 Å². The molecule has 1 heterocycles. The summed E-state index contributed by atoms with van der Waals surface area (Å²) in [6.45, 7) is 4.97. The first kappa shape index (κ1) is 54.2. The van der Waals surface area contributed by atoms with Crippen LogP contribution in [-0.4, -0.2) is 171 Å². The second-order valence-electron chi connectivity index (χ2n) is 15.4. The molecular weight excluding hydrogens is 862 g/mol. The van der Waals surface area contributed by atoms with Gasteiger partial charge in [0.1, 0.15) is 48.0 Å². The number of carbonyl (C=O) groups is 11. The van der Waals surface area contributed by atoms with Crippen LogP contribution in [0.1, 0.15) is 59.4 Å². The summed E-state index contributed by atoms with van der Waals surface area (Å²) in [5, 5.41) is 57.8. The lowest BCUT2D eigenvalue weighted by atomic mass is 10.0. The first-order valence-electron chi connectivity index (χ1n) is 20.4. The normalized spacial score (nSPS) is 17.4. The highest BCUT2D eigenvalue weighted by Gasteiger charge is 2.40. The number of hydrogen-bond donors (Lipinski definition) is 14. The lowest BCUT2D eigenvalue weighted by molar-refractivity contribution is -0.143. The summed E-state index contributed by atoms with van der Waals surface area (Å²) >= 11 is 0. The minimum atomic E-state index is -1.67. The summed E-state index contributed by atoms with van der Waals surface area (Å²) in [6.07, 6.45) is -3.50. The largest absolute Gasteiger partial charge is 0.508 e. The van der Waals surface area contributed by atoms with Crippen LogP contribution in [0.5, 0.6) is 5.75 Å². The van der Waals surface area contributed by atoms with Crippen molar-refractivity contribution in [2.24, 2.45) is 11.5 Å². The number of nitrogens with one attached hydrogen (secondary N) is 8. The molecule has 10 amide bonds. The molecular formula is C39H59N11O15. The predicted molar refractivity (Wildman–Crippen MR) is 224 cm³/mol. The molecule has 26 nitrogen and oxygen atoms in total. The fourth-order valence-electron chi connectivity index (χ4n) is 6.21.